The van der Waals surface area contributed by atoms with Crippen LogP contribution in [0, 0.1) is 0 Å². The number of hydrogen-bond acceptors (Lipinski definition) is 4. The highest BCUT2D eigenvalue weighted by atomic mass is 16.5. The molecule has 1 aromatic heterocycles. The van der Waals surface area contributed by atoms with E-state index in [1.54, 1.807) is 6.20 Å². The van der Waals surface area contributed by atoms with Gasteiger partial charge in [0.05, 0.1) is 0 Å². The van der Waals surface area contributed by atoms with Gasteiger partial charge in [-0.15, -0.1) is 0 Å². The fourth-order valence-electron chi connectivity index (χ4n) is 3.07. The van der Waals surface area contributed by atoms with Gasteiger partial charge < -0.3 is 14.4 Å². The van der Waals surface area contributed by atoms with E-state index < -0.39 is 5.97 Å². The zero-order chi connectivity index (χ0) is 16.9. The summed E-state index contributed by atoms with van der Waals surface area (Å²) >= 11 is 0. The molecule has 128 valence electrons. The molecule has 6 heteroatoms. The average molecular weight is 329 g/mol. The molecule has 2 aromatic rings. The molecule has 2 heterocycles. The molecular formula is C18H23N3O3. The maximum absolute atomic E-state index is 11.4. The molecule has 1 aliphatic heterocycles. The van der Waals surface area contributed by atoms with Crippen LogP contribution in [0.2, 0.25) is 0 Å². The number of nitrogens with zero attached hydrogens (tertiary/aromatic N) is 3. The Morgan fingerprint density at radius 1 is 1.33 bits per heavy atom. The maximum atomic E-state index is 11.4. The van der Waals surface area contributed by atoms with Crippen LogP contribution in [-0.4, -0.2) is 38.1 Å². The van der Waals surface area contributed by atoms with E-state index in [-0.39, 0.29) is 6.04 Å². The zero-order valence-corrected chi connectivity index (χ0v) is 13.9. The van der Waals surface area contributed by atoms with Crippen molar-refractivity contribution in [3.63, 3.8) is 0 Å². The van der Waals surface area contributed by atoms with Crippen molar-refractivity contribution in [3.05, 3.63) is 48.0 Å². The minimum Gasteiger partial charge on any atom is -0.486 e. The molecule has 1 N–H and O–H groups in total. The third-order valence-corrected chi connectivity index (χ3v) is 4.50. The lowest BCUT2D eigenvalue weighted by Crippen LogP contribution is -2.43. The van der Waals surface area contributed by atoms with E-state index in [0.717, 1.165) is 42.9 Å². The van der Waals surface area contributed by atoms with E-state index in [0.29, 0.717) is 13.2 Å². The van der Waals surface area contributed by atoms with Crippen molar-refractivity contribution in [1.29, 1.82) is 0 Å². The number of benzene rings is 1. The van der Waals surface area contributed by atoms with Crippen molar-refractivity contribution >= 4 is 5.97 Å². The van der Waals surface area contributed by atoms with E-state index in [1.807, 2.05) is 42.1 Å². The quantitative estimate of drug-likeness (QED) is 0.881. The van der Waals surface area contributed by atoms with Gasteiger partial charge in [0.25, 0.3) is 0 Å². The van der Waals surface area contributed by atoms with Crippen molar-refractivity contribution in [2.24, 2.45) is 7.05 Å². The Labute approximate surface area is 141 Å². The highest BCUT2D eigenvalue weighted by Crippen LogP contribution is 2.21. The first-order valence-electron chi connectivity index (χ1n) is 8.28. The van der Waals surface area contributed by atoms with Gasteiger partial charge in [0, 0.05) is 26.0 Å². The number of likely N-dealkylation sites (tertiary alicyclic amines) is 1. The summed E-state index contributed by atoms with van der Waals surface area (Å²) < 4.78 is 7.67. The Hall–Kier alpha value is -2.34. The molecule has 1 saturated heterocycles. The number of aromatic nitrogens is 2. The summed E-state index contributed by atoms with van der Waals surface area (Å²) in [6.45, 7) is 1.93. The van der Waals surface area contributed by atoms with E-state index in [1.165, 1.54) is 0 Å². The molecule has 0 bridgehead atoms. The van der Waals surface area contributed by atoms with Gasteiger partial charge in [0.1, 0.15) is 24.2 Å². The number of aryl methyl sites for hydroxylation is 1. The fourth-order valence-corrected chi connectivity index (χ4v) is 3.07. The molecule has 3 rings (SSSR count). The van der Waals surface area contributed by atoms with Gasteiger partial charge in [-0.3, -0.25) is 9.69 Å². The zero-order valence-electron chi connectivity index (χ0n) is 13.9. The SMILES string of the molecule is Cn1ccnc1COc1ccc(CN2CCCCC2C(=O)O)cc1. The lowest BCUT2D eigenvalue weighted by atomic mass is 10.0. The van der Waals surface area contributed by atoms with Gasteiger partial charge in [-0.1, -0.05) is 18.6 Å². The summed E-state index contributed by atoms with van der Waals surface area (Å²) in [5.41, 5.74) is 1.10. The molecule has 24 heavy (non-hydrogen) atoms. The Morgan fingerprint density at radius 2 is 2.12 bits per heavy atom. The number of imidazole rings is 1. The van der Waals surface area contributed by atoms with Crippen molar-refractivity contribution in [2.75, 3.05) is 6.54 Å². The summed E-state index contributed by atoms with van der Waals surface area (Å²) in [5, 5.41) is 9.34. The van der Waals surface area contributed by atoms with Crippen LogP contribution >= 0.6 is 0 Å². The Kier molecular flexibility index (Phi) is 5.15. The highest BCUT2D eigenvalue weighted by Gasteiger charge is 2.28. The molecule has 0 aliphatic carbocycles. The first-order chi connectivity index (χ1) is 11.6. The summed E-state index contributed by atoms with van der Waals surface area (Å²) in [4.78, 5) is 17.6. The normalized spacial score (nSPS) is 18.5. The van der Waals surface area contributed by atoms with Crippen LogP contribution in [0.5, 0.6) is 5.75 Å². The van der Waals surface area contributed by atoms with Gasteiger partial charge in [-0.2, -0.15) is 0 Å². The second kappa shape index (κ2) is 7.49. The molecule has 0 amide bonds. The molecule has 1 aromatic carbocycles. The number of carbonyl (C=O) groups is 1. The second-order valence-corrected chi connectivity index (χ2v) is 6.21. The molecule has 6 nitrogen and oxygen atoms in total. The second-order valence-electron chi connectivity index (χ2n) is 6.21. The Morgan fingerprint density at radius 3 is 2.79 bits per heavy atom. The minimum atomic E-state index is -0.718. The van der Waals surface area contributed by atoms with Crippen molar-refractivity contribution in [2.45, 2.75) is 38.5 Å². The fraction of sp³-hybridized carbons (Fsp3) is 0.444. The van der Waals surface area contributed by atoms with E-state index in [2.05, 4.69) is 9.88 Å². The topological polar surface area (TPSA) is 67.6 Å². The predicted molar refractivity (Wildman–Crippen MR) is 89.7 cm³/mol. The van der Waals surface area contributed by atoms with Gasteiger partial charge >= 0.3 is 5.97 Å². The third kappa shape index (κ3) is 3.94. The number of carboxylic acid groups (broad SMARTS) is 1. The summed E-state index contributed by atoms with van der Waals surface area (Å²) in [5.74, 6) is 0.941. The molecule has 0 radical (unpaired) electrons. The van der Waals surface area contributed by atoms with Gasteiger partial charge in [0.2, 0.25) is 0 Å². The standard InChI is InChI=1S/C18H23N3O3/c1-20-11-9-19-17(20)13-24-15-7-5-14(6-8-15)12-21-10-3-2-4-16(21)18(22)23/h5-9,11,16H,2-4,10,12-13H2,1H3,(H,22,23). The average Bonchev–Trinajstić information content (AvgIpc) is 3.00. The third-order valence-electron chi connectivity index (χ3n) is 4.50. The molecular weight excluding hydrogens is 306 g/mol. The Bertz CT molecular complexity index is 681. The lowest BCUT2D eigenvalue weighted by molar-refractivity contribution is -0.144. The number of piperidine rings is 1. The molecule has 1 atom stereocenters. The first kappa shape index (κ1) is 16.5. The van der Waals surface area contributed by atoms with E-state index in [4.69, 9.17) is 4.74 Å². The molecule has 1 aliphatic rings. The monoisotopic (exact) mass is 329 g/mol. The number of hydrogen-bond donors (Lipinski definition) is 1. The largest absolute Gasteiger partial charge is 0.486 e. The van der Waals surface area contributed by atoms with Crippen LogP contribution in [0.1, 0.15) is 30.7 Å². The predicted octanol–water partition coefficient (Wildman–Crippen LogP) is 2.44. The highest BCUT2D eigenvalue weighted by molar-refractivity contribution is 5.73. The van der Waals surface area contributed by atoms with Crippen molar-refractivity contribution in [1.82, 2.24) is 14.5 Å². The van der Waals surface area contributed by atoms with Crippen LogP contribution in [0.15, 0.2) is 36.7 Å². The van der Waals surface area contributed by atoms with Crippen LogP contribution in [-0.2, 0) is 25.0 Å². The van der Waals surface area contributed by atoms with Crippen LogP contribution in [0.4, 0.5) is 0 Å². The number of aliphatic carboxylic acids is 1. The van der Waals surface area contributed by atoms with E-state index in [9.17, 15) is 9.90 Å². The molecule has 0 spiro atoms. The lowest BCUT2D eigenvalue weighted by Gasteiger charge is -2.32. The minimum absolute atomic E-state index is 0.363. The summed E-state index contributed by atoms with van der Waals surface area (Å²) in [7, 11) is 1.94. The number of rotatable bonds is 6. The van der Waals surface area contributed by atoms with Crippen molar-refractivity contribution in [3.8, 4) is 5.75 Å². The van der Waals surface area contributed by atoms with Crippen LogP contribution in [0.25, 0.3) is 0 Å². The van der Waals surface area contributed by atoms with Crippen LogP contribution in [0.3, 0.4) is 0 Å². The Balaban J connectivity index is 1.58. The summed E-state index contributed by atoms with van der Waals surface area (Å²) in [6.07, 6.45) is 6.43. The summed E-state index contributed by atoms with van der Waals surface area (Å²) in [6, 6.07) is 7.50. The van der Waals surface area contributed by atoms with Gasteiger partial charge in [-0.05, 0) is 37.1 Å². The molecule has 1 fully saturated rings. The number of carboxylic acids is 1. The number of ether oxygens (including phenoxy) is 1. The van der Waals surface area contributed by atoms with Crippen LogP contribution < -0.4 is 4.74 Å². The smallest absolute Gasteiger partial charge is 0.320 e. The van der Waals surface area contributed by atoms with E-state index >= 15 is 0 Å². The van der Waals surface area contributed by atoms with Gasteiger partial charge in [0.15, 0.2) is 0 Å². The van der Waals surface area contributed by atoms with Gasteiger partial charge in [-0.25, -0.2) is 4.98 Å². The maximum Gasteiger partial charge on any atom is 0.320 e. The molecule has 1 unspecified atom stereocenters. The first-order valence-corrected chi connectivity index (χ1v) is 8.28. The van der Waals surface area contributed by atoms with Crippen molar-refractivity contribution < 1.29 is 14.6 Å². The molecule has 0 saturated carbocycles.